The maximum Gasteiger partial charge on any atom is 0.0524 e. The van der Waals surface area contributed by atoms with Crippen LogP contribution in [-0.2, 0) is 18.9 Å². The lowest BCUT2D eigenvalue weighted by Gasteiger charge is -2.39. The highest BCUT2D eigenvalue weighted by Crippen LogP contribution is 2.45. The predicted octanol–water partition coefficient (Wildman–Crippen LogP) is 1.23. The van der Waals surface area contributed by atoms with Gasteiger partial charge in [0.05, 0.1) is 6.20 Å². The SMILES string of the molecule is CC1CCc2cnn(C)c2C12CCNC2. The first kappa shape index (κ1) is 9.40. The van der Waals surface area contributed by atoms with Crippen molar-refractivity contribution in [3.8, 4) is 0 Å². The van der Waals surface area contributed by atoms with E-state index in [2.05, 4.69) is 35.3 Å². The molecule has 2 heterocycles. The molecule has 1 aromatic rings. The van der Waals surface area contributed by atoms with Gasteiger partial charge in [0, 0.05) is 24.7 Å². The first-order valence-electron chi connectivity index (χ1n) is 5.96. The Bertz CT molecular complexity index is 374. The lowest BCUT2D eigenvalue weighted by atomic mass is 9.66. The van der Waals surface area contributed by atoms with Crippen molar-refractivity contribution in [2.75, 3.05) is 13.1 Å². The van der Waals surface area contributed by atoms with Crippen LogP contribution in [0.15, 0.2) is 6.20 Å². The predicted molar refractivity (Wildman–Crippen MR) is 59.9 cm³/mol. The molecule has 3 rings (SSSR count). The van der Waals surface area contributed by atoms with Crippen molar-refractivity contribution in [1.82, 2.24) is 15.1 Å². The van der Waals surface area contributed by atoms with Crippen molar-refractivity contribution in [2.45, 2.75) is 31.6 Å². The first-order valence-corrected chi connectivity index (χ1v) is 5.96. The minimum absolute atomic E-state index is 0.374. The fourth-order valence-corrected chi connectivity index (χ4v) is 3.52. The zero-order valence-corrected chi connectivity index (χ0v) is 9.58. The van der Waals surface area contributed by atoms with Crippen LogP contribution in [0.3, 0.4) is 0 Å². The Morgan fingerprint density at radius 3 is 3.20 bits per heavy atom. The number of nitrogens with one attached hydrogen (secondary N) is 1. The second-order valence-electron chi connectivity index (χ2n) is 5.16. The number of fused-ring (bicyclic) bond motifs is 2. The van der Waals surface area contributed by atoms with E-state index in [0.29, 0.717) is 5.41 Å². The average Bonchev–Trinajstić information content (AvgIpc) is 2.81. The van der Waals surface area contributed by atoms with E-state index in [9.17, 15) is 0 Å². The van der Waals surface area contributed by atoms with Crippen LogP contribution in [0.2, 0.25) is 0 Å². The normalized spacial score (nSPS) is 34.7. The molecule has 0 radical (unpaired) electrons. The lowest BCUT2D eigenvalue weighted by Crippen LogP contribution is -2.41. The van der Waals surface area contributed by atoms with Crippen molar-refractivity contribution in [2.24, 2.45) is 13.0 Å². The van der Waals surface area contributed by atoms with Gasteiger partial charge in [-0.25, -0.2) is 0 Å². The van der Waals surface area contributed by atoms with Crippen LogP contribution >= 0.6 is 0 Å². The van der Waals surface area contributed by atoms with E-state index in [1.807, 2.05) is 0 Å². The van der Waals surface area contributed by atoms with E-state index in [-0.39, 0.29) is 0 Å². The topological polar surface area (TPSA) is 29.9 Å². The molecule has 1 aliphatic heterocycles. The van der Waals surface area contributed by atoms with E-state index < -0.39 is 0 Å². The molecule has 3 heteroatoms. The van der Waals surface area contributed by atoms with Crippen molar-refractivity contribution >= 4 is 0 Å². The highest BCUT2D eigenvalue weighted by Gasteiger charge is 2.46. The van der Waals surface area contributed by atoms with Gasteiger partial charge in [-0.05, 0) is 37.3 Å². The molecule has 15 heavy (non-hydrogen) atoms. The molecule has 1 fully saturated rings. The van der Waals surface area contributed by atoms with Gasteiger partial charge in [-0.2, -0.15) is 5.10 Å². The van der Waals surface area contributed by atoms with Gasteiger partial charge in [-0.1, -0.05) is 6.92 Å². The van der Waals surface area contributed by atoms with E-state index in [1.165, 1.54) is 30.5 Å². The lowest BCUT2D eigenvalue weighted by molar-refractivity contribution is 0.259. The standard InChI is InChI=1S/C12H19N3/c1-9-3-4-10-7-14-15(2)11(10)12(9)5-6-13-8-12/h7,9,13H,3-6,8H2,1-2H3. The van der Waals surface area contributed by atoms with Crippen molar-refractivity contribution < 1.29 is 0 Å². The summed E-state index contributed by atoms with van der Waals surface area (Å²) in [5, 5.41) is 7.97. The minimum atomic E-state index is 0.374. The third kappa shape index (κ3) is 1.13. The Morgan fingerprint density at radius 2 is 2.47 bits per heavy atom. The number of rotatable bonds is 0. The van der Waals surface area contributed by atoms with Crippen molar-refractivity contribution in [1.29, 1.82) is 0 Å². The second-order valence-corrected chi connectivity index (χ2v) is 5.16. The molecule has 1 saturated heterocycles. The molecule has 0 saturated carbocycles. The van der Waals surface area contributed by atoms with Crippen LogP contribution in [0.4, 0.5) is 0 Å². The number of hydrogen-bond donors (Lipinski definition) is 1. The Morgan fingerprint density at radius 1 is 1.60 bits per heavy atom. The molecule has 0 bridgehead atoms. The molecule has 1 spiro atoms. The Hall–Kier alpha value is -0.830. The van der Waals surface area contributed by atoms with Gasteiger partial charge in [-0.3, -0.25) is 4.68 Å². The zero-order chi connectivity index (χ0) is 10.5. The van der Waals surface area contributed by atoms with E-state index in [0.717, 1.165) is 19.0 Å². The van der Waals surface area contributed by atoms with Crippen molar-refractivity contribution in [3.63, 3.8) is 0 Å². The molecule has 2 atom stereocenters. The molecule has 3 nitrogen and oxygen atoms in total. The van der Waals surface area contributed by atoms with Crippen LogP contribution < -0.4 is 5.32 Å². The Kier molecular flexibility index (Phi) is 1.93. The summed E-state index contributed by atoms with van der Waals surface area (Å²) in [6.07, 6.45) is 5.88. The highest BCUT2D eigenvalue weighted by molar-refractivity contribution is 5.33. The Balaban J connectivity index is 2.16. The molecule has 1 N–H and O–H groups in total. The number of nitrogens with zero attached hydrogens (tertiary/aromatic N) is 2. The summed E-state index contributed by atoms with van der Waals surface area (Å²) in [4.78, 5) is 0. The summed E-state index contributed by atoms with van der Waals surface area (Å²) < 4.78 is 2.11. The molecule has 2 aliphatic rings. The molecular weight excluding hydrogens is 186 g/mol. The van der Waals surface area contributed by atoms with Crippen LogP contribution in [-0.4, -0.2) is 22.9 Å². The summed E-state index contributed by atoms with van der Waals surface area (Å²) in [5.74, 6) is 0.787. The quantitative estimate of drug-likeness (QED) is 0.690. The smallest absolute Gasteiger partial charge is 0.0524 e. The summed E-state index contributed by atoms with van der Waals surface area (Å²) in [7, 11) is 2.09. The maximum absolute atomic E-state index is 4.44. The van der Waals surface area contributed by atoms with E-state index in [4.69, 9.17) is 0 Å². The van der Waals surface area contributed by atoms with Crippen molar-refractivity contribution in [3.05, 3.63) is 17.5 Å². The monoisotopic (exact) mass is 205 g/mol. The van der Waals surface area contributed by atoms with Crippen LogP contribution in [0.25, 0.3) is 0 Å². The third-order valence-electron chi connectivity index (χ3n) is 4.46. The summed E-state index contributed by atoms with van der Waals surface area (Å²) >= 11 is 0. The van der Waals surface area contributed by atoms with E-state index in [1.54, 1.807) is 0 Å². The summed E-state index contributed by atoms with van der Waals surface area (Å²) in [6.45, 7) is 4.71. The summed E-state index contributed by atoms with van der Waals surface area (Å²) in [6, 6.07) is 0. The highest BCUT2D eigenvalue weighted by atomic mass is 15.3. The molecule has 0 aromatic carbocycles. The molecule has 0 amide bonds. The number of aromatic nitrogens is 2. The minimum Gasteiger partial charge on any atom is -0.316 e. The van der Waals surface area contributed by atoms with Gasteiger partial charge >= 0.3 is 0 Å². The fourth-order valence-electron chi connectivity index (χ4n) is 3.52. The maximum atomic E-state index is 4.44. The largest absolute Gasteiger partial charge is 0.316 e. The molecule has 82 valence electrons. The number of aryl methyl sites for hydroxylation is 2. The van der Waals surface area contributed by atoms with Gasteiger partial charge in [0.2, 0.25) is 0 Å². The average molecular weight is 205 g/mol. The molecule has 1 aliphatic carbocycles. The molecular formula is C12H19N3. The molecule has 1 aromatic heterocycles. The second kappa shape index (κ2) is 3.08. The Labute approximate surface area is 90.9 Å². The van der Waals surface area contributed by atoms with Gasteiger partial charge in [-0.15, -0.1) is 0 Å². The van der Waals surface area contributed by atoms with Gasteiger partial charge < -0.3 is 5.32 Å². The third-order valence-corrected chi connectivity index (χ3v) is 4.46. The fraction of sp³-hybridized carbons (Fsp3) is 0.750. The zero-order valence-electron chi connectivity index (χ0n) is 9.58. The van der Waals surface area contributed by atoms with Gasteiger partial charge in [0.25, 0.3) is 0 Å². The van der Waals surface area contributed by atoms with Crippen LogP contribution in [0, 0.1) is 5.92 Å². The van der Waals surface area contributed by atoms with E-state index >= 15 is 0 Å². The van der Waals surface area contributed by atoms with Gasteiger partial charge in [0.1, 0.15) is 0 Å². The summed E-state index contributed by atoms with van der Waals surface area (Å²) in [5.41, 5.74) is 3.37. The molecule has 2 unspecified atom stereocenters. The number of hydrogen-bond acceptors (Lipinski definition) is 2. The van der Waals surface area contributed by atoms with Crippen LogP contribution in [0.5, 0.6) is 0 Å². The first-order chi connectivity index (χ1) is 7.24. The van der Waals surface area contributed by atoms with Crippen LogP contribution in [0.1, 0.15) is 31.0 Å². The van der Waals surface area contributed by atoms with Gasteiger partial charge in [0.15, 0.2) is 0 Å².